The van der Waals surface area contributed by atoms with E-state index in [1.165, 1.54) is 0 Å². The second-order valence-corrected chi connectivity index (χ2v) is 8.30. The maximum atomic E-state index is 13.0. The first kappa shape index (κ1) is 17.5. The minimum atomic E-state index is -3.80. The van der Waals surface area contributed by atoms with Gasteiger partial charge >= 0.3 is 0 Å². The average molecular weight is 376 g/mol. The Balaban J connectivity index is 1.87. The Morgan fingerprint density at radius 2 is 1.63 bits per heavy atom. The Labute approximate surface area is 159 Å². The van der Waals surface area contributed by atoms with E-state index < -0.39 is 10.0 Å². The summed E-state index contributed by atoms with van der Waals surface area (Å²) in [6, 6.07) is 22.9. The van der Waals surface area contributed by atoms with E-state index in [0.717, 1.165) is 22.5 Å². The van der Waals surface area contributed by atoms with Crippen molar-refractivity contribution in [1.29, 1.82) is 0 Å². The lowest BCUT2D eigenvalue weighted by atomic mass is 10.1. The lowest BCUT2D eigenvalue weighted by molar-refractivity contribution is 0.597. The van der Waals surface area contributed by atoms with Gasteiger partial charge in [0, 0.05) is 12.1 Å². The van der Waals surface area contributed by atoms with Gasteiger partial charge in [-0.05, 0) is 54.8 Å². The van der Waals surface area contributed by atoms with E-state index in [1.807, 2.05) is 66.4 Å². The van der Waals surface area contributed by atoms with Crippen LogP contribution in [0.25, 0.3) is 0 Å². The van der Waals surface area contributed by atoms with E-state index in [9.17, 15) is 8.42 Å². The number of amidine groups is 1. The molecule has 3 aromatic carbocycles. The Morgan fingerprint density at radius 3 is 2.41 bits per heavy atom. The summed E-state index contributed by atoms with van der Waals surface area (Å²) in [6.07, 6.45) is 0.481. The number of hydrogen-bond acceptors (Lipinski definition) is 2. The summed E-state index contributed by atoms with van der Waals surface area (Å²) in [7, 11) is -3.80. The summed E-state index contributed by atoms with van der Waals surface area (Å²) in [4.78, 5) is 2.19. The third-order valence-corrected chi connectivity index (χ3v) is 6.16. The molecule has 0 saturated heterocycles. The molecule has 4 nitrogen and oxygen atoms in total. The van der Waals surface area contributed by atoms with Crippen molar-refractivity contribution < 1.29 is 8.42 Å². The van der Waals surface area contributed by atoms with Crippen LogP contribution in [0, 0.1) is 13.8 Å². The Bertz CT molecular complexity index is 1150. The van der Waals surface area contributed by atoms with Gasteiger partial charge in [0.1, 0.15) is 5.84 Å². The Kier molecular flexibility index (Phi) is 4.32. The van der Waals surface area contributed by atoms with Crippen molar-refractivity contribution in [3.63, 3.8) is 0 Å². The molecule has 4 rings (SSSR count). The Hall–Kier alpha value is -2.92. The number of hydrogen-bond donors (Lipinski definition) is 0. The van der Waals surface area contributed by atoms with Crippen LogP contribution in [0.15, 0.2) is 82.1 Å². The summed E-state index contributed by atoms with van der Waals surface area (Å²) in [5, 5.41) is 0. The maximum Gasteiger partial charge on any atom is 0.284 e. The molecule has 0 atom stereocenters. The van der Waals surface area contributed by atoms with Crippen molar-refractivity contribution in [3.05, 3.63) is 89.5 Å². The molecule has 3 aromatic rings. The third kappa shape index (κ3) is 3.26. The maximum absolute atomic E-state index is 13.0. The molecule has 0 unspecified atom stereocenters. The predicted molar refractivity (Wildman–Crippen MR) is 109 cm³/mol. The lowest BCUT2D eigenvalue weighted by Crippen LogP contribution is -2.23. The first-order chi connectivity index (χ1) is 13.0. The van der Waals surface area contributed by atoms with Gasteiger partial charge in [-0.3, -0.25) is 4.90 Å². The molecule has 0 N–H and O–H groups in total. The molecule has 1 heterocycles. The molecular formula is C22H20N2O2S. The monoisotopic (exact) mass is 376 g/mol. The number of sulfonamides is 1. The predicted octanol–water partition coefficient (Wildman–Crippen LogP) is 4.79. The summed E-state index contributed by atoms with van der Waals surface area (Å²) in [6.45, 7) is 3.81. The van der Waals surface area contributed by atoms with Gasteiger partial charge in [-0.2, -0.15) is 8.42 Å². The van der Waals surface area contributed by atoms with E-state index >= 15 is 0 Å². The topological polar surface area (TPSA) is 49.7 Å². The second-order valence-electron chi connectivity index (χ2n) is 6.73. The number of nitrogens with zero attached hydrogens (tertiary/aromatic N) is 2. The zero-order valence-corrected chi connectivity index (χ0v) is 16.1. The van der Waals surface area contributed by atoms with Gasteiger partial charge in [0.25, 0.3) is 10.0 Å². The number of aryl methyl sites for hydroxylation is 2. The van der Waals surface area contributed by atoms with E-state index in [-0.39, 0.29) is 4.90 Å². The van der Waals surface area contributed by atoms with E-state index in [1.54, 1.807) is 25.1 Å². The number of anilines is 2. The summed E-state index contributed by atoms with van der Waals surface area (Å²) in [5.74, 6) is 0.519. The van der Waals surface area contributed by atoms with E-state index in [0.29, 0.717) is 17.8 Å². The van der Waals surface area contributed by atoms with Crippen molar-refractivity contribution >= 4 is 27.2 Å². The second kappa shape index (κ2) is 6.67. The van der Waals surface area contributed by atoms with E-state index in [4.69, 9.17) is 0 Å². The summed E-state index contributed by atoms with van der Waals surface area (Å²) < 4.78 is 30.2. The van der Waals surface area contributed by atoms with E-state index in [2.05, 4.69) is 4.40 Å². The first-order valence-electron chi connectivity index (χ1n) is 8.80. The normalized spacial score (nSPS) is 15.2. The average Bonchev–Trinajstić information content (AvgIpc) is 2.99. The summed E-state index contributed by atoms with van der Waals surface area (Å²) >= 11 is 0. The largest absolute Gasteiger partial charge is 0.297 e. The van der Waals surface area contributed by atoms with Gasteiger partial charge in [-0.1, -0.05) is 48.5 Å². The van der Waals surface area contributed by atoms with Gasteiger partial charge in [-0.15, -0.1) is 4.40 Å². The highest BCUT2D eigenvalue weighted by molar-refractivity contribution is 7.90. The van der Waals surface area contributed by atoms with Crippen molar-refractivity contribution in [2.45, 2.75) is 25.2 Å². The van der Waals surface area contributed by atoms with Crippen molar-refractivity contribution in [1.82, 2.24) is 0 Å². The van der Waals surface area contributed by atoms with Crippen LogP contribution in [0.4, 0.5) is 11.4 Å². The molecule has 0 spiro atoms. The fourth-order valence-corrected chi connectivity index (χ4v) is 4.68. The van der Waals surface area contributed by atoms with Crippen LogP contribution in [0.5, 0.6) is 0 Å². The third-order valence-electron chi connectivity index (χ3n) is 4.70. The highest BCUT2D eigenvalue weighted by atomic mass is 32.2. The highest BCUT2D eigenvalue weighted by Crippen LogP contribution is 2.36. The van der Waals surface area contributed by atoms with Gasteiger partial charge in [0.2, 0.25) is 0 Å². The highest BCUT2D eigenvalue weighted by Gasteiger charge is 2.29. The van der Waals surface area contributed by atoms with Crippen molar-refractivity contribution in [3.8, 4) is 0 Å². The van der Waals surface area contributed by atoms with Crippen molar-refractivity contribution in [2.75, 3.05) is 4.90 Å². The van der Waals surface area contributed by atoms with Gasteiger partial charge in [0.15, 0.2) is 0 Å². The molecule has 0 radical (unpaired) electrons. The van der Waals surface area contributed by atoms with Crippen molar-refractivity contribution in [2.24, 2.45) is 4.40 Å². The molecule has 1 aliphatic rings. The number of para-hydroxylation sites is 1. The smallest absolute Gasteiger partial charge is 0.284 e. The van der Waals surface area contributed by atoms with Gasteiger partial charge in [-0.25, -0.2) is 0 Å². The van der Waals surface area contributed by atoms with Crippen LogP contribution in [-0.4, -0.2) is 14.3 Å². The van der Waals surface area contributed by atoms with Crippen LogP contribution in [0.2, 0.25) is 0 Å². The standard InChI is InChI=1S/C22H20N2O2S/c1-16-8-7-11-19(14-16)24-20-12-5-4-10-18(20)15-22(24)23-27(25,26)21-13-6-3-9-17(21)2/h3-14H,15H2,1-2H3/b23-22+. The van der Waals surface area contributed by atoms with Crippen LogP contribution in [-0.2, 0) is 16.4 Å². The van der Waals surface area contributed by atoms with Gasteiger partial charge in [0.05, 0.1) is 10.6 Å². The SMILES string of the molecule is Cc1cccc(N2/C(=N/S(=O)(=O)c3ccccc3C)Cc3ccccc32)c1. The number of fused-ring (bicyclic) bond motifs is 1. The minimum absolute atomic E-state index is 0.248. The molecule has 136 valence electrons. The van der Waals surface area contributed by atoms with Crippen LogP contribution >= 0.6 is 0 Å². The van der Waals surface area contributed by atoms with Crippen LogP contribution < -0.4 is 4.90 Å². The molecule has 0 aromatic heterocycles. The molecule has 0 aliphatic carbocycles. The fraction of sp³-hybridized carbons (Fsp3) is 0.136. The summed E-state index contributed by atoms with van der Waals surface area (Å²) in [5.41, 5.74) is 4.76. The molecule has 27 heavy (non-hydrogen) atoms. The lowest BCUT2D eigenvalue weighted by Gasteiger charge is -2.21. The molecule has 0 saturated carbocycles. The number of rotatable bonds is 3. The quantitative estimate of drug-likeness (QED) is 0.661. The molecular weight excluding hydrogens is 356 g/mol. The minimum Gasteiger partial charge on any atom is -0.297 e. The molecule has 5 heteroatoms. The zero-order chi connectivity index (χ0) is 19.0. The molecule has 0 bridgehead atoms. The number of benzene rings is 3. The van der Waals surface area contributed by atoms with Crippen LogP contribution in [0.3, 0.4) is 0 Å². The fourth-order valence-electron chi connectivity index (χ4n) is 3.43. The molecule has 0 fully saturated rings. The first-order valence-corrected chi connectivity index (χ1v) is 10.2. The Morgan fingerprint density at radius 1 is 0.889 bits per heavy atom. The van der Waals surface area contributed by atoms with Gasteiger partial charge < -0.3 is 0 Å². The molecule has 0 amide bonds. The van der Waals surface area contributed by atoms with Crippen LogP contribution in [0.1, 0.15) is 16.7 Å². The molecule has 1 aliphatic heterocycles. The zero-order valence-electron chi connectivity index (χ0n) is 15.3.